The minimum absolute atomic E-state index is 0.223. The van der Waals surface area contributed by atoms with Crippen molar-refractivity contribution in [3.63, 3.8) is 0 Å². The number of nitrogens with one attached hydrogen (secondary N) is 1. The molecule has 1 atom stereocenters. The molecule has 2 aromatic carbocycles. The number of benzene rings is 2. The number of carbonyl (C=O) groups excluding carboxylic acids is 1. The summed E-state index contributed by atoms with van der Waals surface area (Å²) < 4.78 is 32.1. The number of rotatable bonds is 4. The van der Waals surface area contributed by atoms with Crippen LogP contribution in [0.15, 0.2) is 71.3 Å². The van der Waals surface area contributed by atoms with Gasteiger partial charge in [0.15, 0.2) is 0 Å². The van der Waals surface area contributed by atoms with Crippen molar-refractivity contribution < 1.29 is 18.0 Å². The summed E-state index contributed by atoms with van der Waals surface area (Å²) in [6.45, 7) is 0. The SMILES string of the molecule is O=C(NC(c1ccccc1)c1ccco1)c1ccc(F)cc1F. The lowest BCUT2D eigenvalue weighted by Gasteiger charge is -2.17. The fourth-order valence-electron chi connectivity index (χ4n) is 2.30. The molecular formula is C18H13F2NO2. The molecule has 0 saturated carbocycles. The van der Waals surface area contributed by atoms with Crippen LogP contribution >= 0.6 is 0 Å². The van der Waals surface area contributed by atoms with Crippen molar-refractivity contribution in [2.24, 2.45) is 0 Å². The van der Waals surface area contributed by atoms with E-state index in [1.165, 1.54) is 6.26 Å². The second-order valence-corrected chi connectivity index (χ2v) is 4.96. The Labute approximate surface area is 131 Å². The summed E-state index contributed by atoms with van der Waals surface area (Å²) >= 11 is 0. The predicted molar refractivity (Wildman–Crippen MR) is 80.8 cm³/mol. The van der Waals surface area contributed by atoms with Gasteiger partial charge in [0.1, 0.15) is 23.4 Å². The van der Waals surface area contributed by atoms with Gasteiger partial charge in [0.25, 0.3) is 5.91 Å². The highest BCUT2D eigenvalue weighted by Gasteiger charge is 2.21. The van der Waals surface area contributed by atoms with Crippen molar-refractivity contribution in [2.75, 3.05) is 0 Å². The molecule has 1 heterocycles. The van der Waals surface area contributed by atoms with Crippen LogP contribution in [-0.4, -0.2) is 5.91 Å². The normalized spacial score (nSPS) is 11.9. The molecule has 3 rings (SSSR count). The Kier molecular flexibility index (Phi) is 4.19. The molecule has 1 unspecified atom stereocenters. The maximum absolute atomic E-state index is 13.8. The molecule has 1 amide bonds. The minimum Gasteiger partial charge on any atom is -0.467 e. The molecule has 0 spiro atoms. The van der Waals surface area contributed by atoms with Gasteiger partial charge in [0.05, 0.1) is 11.8 Å². The van der Waals surface area contributed by atoms with Gasteiger partial charge in [0, 0.05) is 6.07 Å². The lowest BCUT2D eigenvalue weighted by Crippen LogP contribution is -2.29. The summed E-state index contributed by atoms with van der Waals surface area (Å²) in [5.74, 6) is -1.77. The van der Waals surface area contributed by atoms with Crippen molar-refractivity contribution in [1.29, 1.82) is 0 Å². The van der Waals surface area contributed by atoms with Gasteiger partial charge >= 0.3 is 0 Å². The Morgan fingerprint density at radius 3 is 2.43 bits per heavy atom. The number of carbonyl (C=O) groups is 1. The molecule has 1 N–H and O–H groups in total. The highest BCUT2D eigenvalue weighted by molar-refractivity contribution is 5.94. The average Bonchev–Trinajstić information content (AvgIpc) is 3.07. The van der Waals surface area contributed by atoms with Crippen LogP contribution in [0.5, 0.6) is 0 Å². The van der Waals surface area contributed by atoms with Crippen molar-refractivity contribution in [2.45, 2.75) is 6.04 Å². The number of hydrogen-bond donors (Lipinski definition) is 1. The van der Waals surface area contributed by atoms with Gasteiger partial charge in [-0.05, 0) is 29.8 Å². The first-order valence-corrected chi connectivity index (χ1v) is 6.99. The smallest absolute Gasteiger partial charge is 0.255 e. The van der Waals surface area contributed by atoms with Gasteiger partial charge in [0.2, 0.25) is 0 Å². The minimum atomic E-state index is -0.909. The second-order valence-electron chi connectivity index (χ2n) is 4.96. The Morgan fingerprint density at radius 1 is 1.00 bits per heavy atom. The van der Waals surface area contributed by atoms with E-state index in [2.05, 4.69) is 5.32 Å². The third-order valence-corrected chi connectivity index (χ3v) is 3.41. The summed E-state index contributed by atoms with van der Waals surface area (Å²) in [5.41, 5.74) is 0.567. The van der Waals surface area contributed by atoms with E-state index in [1.54, 1.807) is 12.1 Å². The molecule has 0 aliphatic heterocycles. The topological polar surface area (TPSA) is 42.2 Å². The van der Waals surface area contributed by atoms with E-state index in [0.29, 0.717) is 11.8 Å². The fourth-order valence-corrected chi connectivity index (χ4v) is 2.30. The maximum atomic E-state index is 13.8. The van der Waals surface area contributed by atoms with Crippen LogP contribution in [0.25, 0.3) is 0 Å². The van der Waals surface area contributed by atoms with Crippen molar-refractivity contribution in [1.82, 2.24) is 5.32 Å². The number of halogens is 2. The van der Waals surface area contributed by atoms with E-state index < -0.39 is 23.6 Å². The molecule has 3 nitrogen and oxygen atoms in total. The lowest BCUT2D eigenvalue weighted by atomic mass is 10.0. The molecule has 0 bridgehead atoms. The fraction of sp³-hybridized carbons (Fsp3) is 0.0556. The van der Waals surface area contributed by atoms with Gasteiger partial charge < -0.3 is 9.73 Å². The third-order valence-electron chi connectivity index (χ3n) is 3.41. The lowest BCUT2D eigenvalue weighted by molar-refractivity contribution is 0.0935. The van der Waals surface area contributed by atoms with Crippen molar-refractivity contribution in [3.05, 3.63) is 95.4 Å². The van der Waals surface area contributed by atoms with Crippen LogP contribution in [0.1, 0.15) is 27.7 Å². The highest BCUT2D eigenvalue weighted by Crippen LogP contribution is 2.23. The van der Waals surface area contributed by atoms with E-state index in [1.807, 2.05) is 30.3 Å². The van der Waals surface area contributed by atoms with Crippen LogP contribution < -0.4 is 5.32 Å². The monoisotopic (exact) mass is 313 g/mol. The zero-order valence-corrected chi connectivity index (χ0v) is 12.0. The summed E-state index contributed by atoms with van der Waals surface area (Å²) in [7, 11) is 0. The summed E-state index contributed by atoms with van der Waals surface area (Å²) in [6.07, 6.45) is 1.50. The molecule has 1 aromatic heterocycles. The third kappa shape index (κ3) is 3.29. The van der Waals surface area contributed by atoms with Crippen LogP contribution in [0.4, 0.5) is 8.78 Å². The van der Waals surface area contributed by atoms with Gasteiger partial charge in [-0.25, -0.2) is 8.78 Å². The largest absolute Gasteiger partial charge is 0.467 e. The maximum Gasteiger partial charge on any atom is 0.255 e. The Hall–Kier alpha value is -2.95. The average molecular weight is 313 g/mol. The van der Waals surface area contributed by atoms with E-state index in [4.69, 9.17) is 4.42 Å². The van der Waals surface area contributed by atoms with Crippen LogP contribution in [0.2, 0.25) is 0 Å². The second kappa shape index (κ2) is 6.44. The summed E-state index contributed by atoms with van der Waals surface area (Å²) in [5, 5.41) is 2.72. The quantitative estimate of drug-likeness (QED) is 0.788. The molecule has 3 aromatic rings. The molecule has 116 valence electrons. The first-order valence-electron chi connectivity index (χ1n) is 6.99. The number of hydrogen-bond acceptors (Lipinski definition) is 2. The highest BCUT2D eigenvalue weighted by atomic mass is 19.1. The Balaban J connectivity index is 1.91. The first kappa shape index (κ1) is 15.0. The van der Waals surface area contributed by atoms with Crippen LogP contribution in [0, 0.1) is 11.6 Å². The van der Waals surface area contributed by atoms with Gasteiger partial charge in [-0.1, -0.05) is 30.3 Å². The van der Waals surface area contributed by atoms with Gasteiger partial charge in [-0.15, -0.1) is 0 Å². The van der Waals surface area contributed by atoms with Crippen molar-refractivity contribution >= 4 is 5.91 Å². The predicted octanol–water partition coefficient (Wildman–Crippen LogP) is 4.08. The number of amides is 1. The molecular weight excluding hydrogens is 300 g/mol. The zero-order valence-electron chi connectivity index (χ0n) is 12.0. The summed E-state index contributed by atoms with van der Waals surface area (Å²) in [6, 6.07) is 14.9. The van der Waals surface area contributed by atoms with Gasteiger partial charge in [-0.2, -0.15) is 0 Å². The molecule has 23 heavy (non-hydrogen) atoms. The Morgan fingerprint density at radius 2 is 1.78 bits per heavy atom. The van der Waals surface area contributed by atoms with Crippen LogP contribution in [0.3, 0.4) is 0 Å². The van der Waals surface area contributed by atoms with Crippen molar-refractivity contribution in [3.8, 4) is 0 Å². The van der Waals surface area contributed by atoms with Gasteiger partial charge in [-0.3, -0.25) is 4.79 Å². The summed E-state index contributed by atoms with van der Waals surface area (Å²) in [4.78, 5) is 12.3. The Bertz CT molecular complexity index is 801. The van der Waals surface area contributed by atoms with E-state index >= 15 is 0 Å². The van der Waals surface area contributed by atoms with E-state index in [9.17, 15) is 13.6 Å². The molecule has 0 radical (unpaired) electrons. The molecule has 0 aliphatic carbocycles. The molecule has 5 heteroatoms. The zero-order chi connectivity index (χ0) is 16.2. The van der Waals surface area contributed by atoms with Crippen LogP contribution in [-0.2, 0) is 0 Å². The first-order chi connectivity index (χ1) is 11.1. The molecule has 0 aliphatic rings. The van der Waals surface area contributed by atoms with E-state index in [-0.39, 0.29) is 5.56 Å². The molecule has 0 fully saturated rings. The standard InChI is InChI=1S/C18H13F2NO2/c19-13-8-9-14(15(20)11-13)18(22)21-17(16-7-4-10-23-16)12-5-2-1-3-6-12/h1-11,17H,(H,21,22). The van der Waals surface area contributed by atoms with E-state index in [0.717, 1.165) is 17.7 Å². The number of furan rings is 1. The molecule has 0 saturated heterocycles.